The summed E-state index contributed by atoms with van der Waals surface area (Å²) in [4.78, 5) is 0. The molecule has 0 bridgehead atoms. The minimum atomic E-state index is 0.564. The fraction of sp³-hybridized carbons (Fsp3) is 1.00. The summed E-state index contributed by atoms with van der Waals surface area (Å²) in [7, 11) is 1.76. The molecule has 0 aromatic carbocycles. The molecule has 0 amide bonds. The molecule has 18 heavy (non-hydrogen) atoms. The zero-order chi connectivity index (χ0) is 13.1. The van der Waals surface area contributed by atoms with E-state index in [1.807, 2.05) is 0 Å². The monoisotopic (exact) mass is 257 g/mol. The third-order valence-corrected chi connectivity index (χ3v) is 3.78. The van der Waals surface area contributed by atoms with Crippen LogP contribution in [0, 0.1) is 5.92 Å². The van der Waals surface area contributed by atoms with E-state index in [0.29, 0.717) is 6.10 Å². The highest BCUT2D eigenvalue weighted by molar-refractivity contribution is 4.68. The van der Waals surface area contributed by atoms with Crippen molar-refractivity contribution in [1.29, 1.82) is 0 Å². The number of hydrogen-bond acceptors (Lipinski definition) is 3. The Morgan fingerprint density at radius 1 is 1.39 bits per heavy atom. The van der Waals surface area contributed by atoms with Crippen molar-refractivity contribution in [3.8, 4) is 0 Å². The molecule has 0 radical (unpaired) electrons. The number of rotatable bonds is 11. The van der Waals surface area contributed by atoms with E-state index in [4.69, 9.17) is 9.47 Å². The average Bonchev–Trinajstić information content (AvgIpc) is 2.87. The second kappa shape index (κ2) is 10.8. The quantitative estimate of drug-likeness (QED) is 0.577. The maximum absolute atomic E-state index is 5.68. The molecule has 0 aromatic heterocycles. The van der Waals surface area contributed by atoms with Gasteiger partial charge in [-0.25, -0.2) is 0 Å². The van der Waals surface area contributed by atoms with Gasteiger partial charge in [0.2, 0.25) is 0 Å². The van der Waals surface area contributed by atoms with Gasteiger partial charge in [-0.15, -0.1) is 0 Å². The van der Waals surface area contributed by atoms with Crippen LogP contribution in [0.1, 0.15) is 51.9 Å². The van der Waals surface area contributed by atoms with E-state index in [1.54, 1.807) is 7.11 Å². The molecule has 0 aliphatic carbocycles. The van der Waals surface area contributed by atoms with E-state index in [-0.39, 0.29) is 0 Å². The fourth-order valence-electron chi connectivity index (χ4n) is 2.74. The zero-order valence-corrected chi connectivity index (χ0v) is 12.2. The van der Waals surface area contributed by atoms with Gasteiger partial charge in [0.15, 0.2) is 0 Å². The largest absolute Gasteiger partial charge is 0.383 e. The van der Waals surface area contributed by atoms with E-state index in [2.05, 4.69) is 12.2 Å². The number of hydrogen-bond donors (Lipinski definition) is 1. The minimum Gasteiger partial charge on any atom is -0.383 e. The molecule has 2 unspecified atom stereocenters. The van der Waals surface area contributed by atoms with Crippen LogP contribution < -0.4 is 5.32 Å². The molecule has 3 nitrogen and oxygen atoms in total. The Morgan fingerprint density at radius 3 is 2.94 bits per heavy atom. The summed E-state index contributed by atoms with van der Waals surface area (Å²) in [5, 5.41) is 3.49. The Labute approximate surface area is 113 Å². The third kappa shape index (κ3) is 7.34. The predicted octanol–water partition coefficient (Wildman–Crippen LogP) is 2.99. The topological polar surface area (TPSA) is 30.5 Å². The van der Waals surface area contributed by atoms with Crippen LogP contribution in [0.15, 0.2) is 0 Å². The first-order valence-electron chi connectivity index (χ1n) is 7.68. The van der Waals surface area contributed by atoms with Crippen molar-refractivity contribution in [2.24, 2.45) is 5.92 Å². The van der Waals surface area contributed by atoms with Crippen LogP contribution in [0.25, 0.3) is 0 Å². The van der Waals surface area contributed by atoms with E-state index in [9.17, 15) is 0 Å². The van der Waals surface area contributed by atoms with Crippen LogP contribution in [-0.4, -0.2) is 39.5 Å². The summed E-state index contributed by atoms with van der Waals surface area (Å²) in [6.07, 6.45) is 9.66. The molecular weight excluding hydrogens is 226 g/mol. The highest BCUT2D eigenvalue weighted by Gasteiger charge is 2.15. The molecular formula is C15H31NO2. The molecule has 1 aliphatic rings. The fourth-order valence-corrected chi connectivity index (χ4v) is 2.74. The maximum Gasteiger partial charge on any atom is 0.0587 e. The van der Waals surface area contributed by atoms with Gasteiger partial charge in [0.25, 0.3) is 0 Å². The van der Waals surface area contributed by atoms with Crippen LogP contribution in [0.4, 0.5) is 0 Å². The van der Waals surface area contributed by atoms with Gasteiger partial charge in [-0.05, 0) is 44.6 Å². The molecule has 0 saturated carbocycles. The lowest BCUT2D eigenvalue weighted by atomic mass is 9.95. The van der Waals surface area contributed by atoms with Gasteiger partial charge in [-0.1, -0.05) is 19.8 Å². The molecule has 1 rings (SSSR count). The molecule has 1 heterocycles. The zero-order valence-electron chi connectivity index (χ0n) is 12.2. The Kier molecular flexibility index (Phi) is 9.54. The molecule has 0 spiro atoms. The van der Waals surface area contributed by atoms with E-state index >= 15 is 0 Å². The number of ether oxygens (including phenoxy) is 2. The van der Waals surface area contributed by atoms with Crippen molar-refractivity contribution in [3.05, 3.63) is 0 Å². The number of methoxy groups -OCH3 is 1. The summed E-state index contributed by atoms with van der Waals surface area (Å²) < 4.78 is 10.7. The molecule has 1 N–H and O–H groups in total. The molecule has 2 atom stereocenters. The van der Waals surface area contributed by atoms with Gasteiger partial charge in [-0.2, -0.15) is 0 Å². The molecule has 1 aliphatic heterocycles. The third-order valence-electron chi connectivity index (χ3n) is 3.78. The minimum absolute atomic E-state index is 0.564. The Bertz CT molecular complexity index is 181. The SMILES string of the molecule is CCCC(CCCC1CCCO1)CNCCOC. The van der Waals surface area contributed by atoms with Crippen molar-refractivity contribution in [2.45, 2.75) is 58.0 Å². The van der Waals surface area contributed by atoms with Crippen molar-refractivity contribution < 1.29 is 9.47 Å². The average molecular weight is 257 g/mol. The highest BCUT2D eigenvalue weighted by Crippen LogP contribution is 2.20. The lowest BCUT2D eigenvalue weighted by Crippen LogP contribution is -2.26. The van der Waals surface area contributed by atoms with Crippen molar-refractivity contribution >= 4 is 0 Å². The van der Waals surface area contributed by atoms with E-state index in [0.717, 1.165) is 32.2 Å². The lowest BCUT2D eigenvalue weighted by molar-refractivity contribution is 0.100. The van der Waals surface area contributed by atoms with Gasteiger partial charge in [-0.3, -0.25) is 0 Å². The Hall–Kier alpha value is -0.120. The van der Waals surface area contributed by atoms with Gasteiger partial charge in [0.05, 0.1) is 12.7 Å². The number of nitrogens with one attached hydrogen (secondary N) is 1. The first kappa shape index (κ1) is 15.9. The summed E-state index contributed by atoms with van der Waals surface area (Å²) in [5.74, 6) is 0.827. The van der Waals surface area contributed by atoms with Crippen LogP contribution in [0.5, 0.6) is 0 Å². The van der Waals surface area contributed by atoms with Gasteiger partial charge in [0, 0.05) is 20.3 Å². The van der Waals surface area contributed by atoms with Crippen LogP contribution in [0.2, 0.25) is 0 Å². The molecule has 1 saturated heterocycles. The van der Waals surface area contributed by atoms with Crippen molar-refractivity contribution in [1.82, 2.24) is 5.32 Å². The second-order valence-corrected chi connectivity index (χ2v) is 5.42. The summed E-state index contributed by atoms with van der Waals surface area (Å²) in [5.41, 5.74) is 0. The van der Waals surface area contributed by atoms with Gasteiger partial charge in [0.1, 0.15) is 0 Å². The van der Waals surface area contributed by atoms with Crippen LogP contribution in [-0.2, 0) is 9.47 Å². The summed E-state index contributed by atoms with van der Waals surface area (Å²) >= 11 is 0. The van der Waals surface area contributed by atoms with Crippen molar-refractivity contribution in [2.75, 3.05) is 33.4 Å². The smallest absolute Gasteiger partial charge is 0.0587 e. The van der Waals surface area contributed by atoms with E-state index in [1.165, 1.54) is 44.9 Å². The Balaban J connectivity index is 2.04. The van der Waals surface area contributed by atoms with Gasteiger partial charge >= 0.3 is 0 Å². The first-order chi connectivity index (χ1) is 8.86. The summed E-state index contributed by atoms with van der Waals surface area (Å²) in [6, 6.07) is 0. The normalized spacial score (nSPS) is 21.3. The van der Waals surface area contributed by atoms with E-state index < -0.39 is 0 Å². The molecule has 1 fully saturated rings. The molecule has 3 heteroatoms. The second-order valence-electron chi connectivity index (χ2n) is 5.42. The Morgan fingerprint density at radius 2 is 2.28 bits per heavy atom. The first-order valence-corrected chi connectivity index (χ1v) is 7.68. The molecule has 108 valence electrons. The maximum atomic E-state index is 5.68. The van der Waals surface area contributed by atoms with Crippen molar-refractivity contribution in [3.63, 3.8) is 0 Å². The van der Waals surface area contributed by atoms with Crippen LogP contribution in [0.3, 0.4) is 0 Å². The van der Waals surface area contributed by atoms with Gasteiger partial charge < -0.3 is 14.8 Å². The standard InChI is InChI=1S/C15H31NO2/c1-3-6-14(13-16-10-12-17-2)7-4-8-15-9-5-11-18-15/h14-16H,3-13H2,1-2H3. The lowest BCUT2D eigenvalue weighted by Gasteiger charge is -2.18. The highest BCUT2D eigenvalue weighted by atomic mass is 16.5. The van der Waals surface area contributed by atoms with Crippen LogP contribution >= 0.6 is 0 Å². The molecule has 0 aromatic rings. The summed E-state index contributed by atoms with van der Waals surface area (Å²) in [6.45, 7) is 6.20. The predicted molar refractivity (Wildman–Crippen MR) is 76.0 cm³/mol.